The van der Waals surface area contributed by atoms with E-state index in [0.717, 1.165) is 31.3 Å². The SMILES string of the molecule is CCCC=C(C)CNCCC1CCC1CC(N)Cc1ccccc1. The topological polar surface area (TPSA) is 38.0 Å². The summed E-state index contributed by atoms with van der Waals surface area (Å²) in [5.74, 6) is 1.74. The number of hydrogen-bond donors (Lipinski definition) is 2. The maximum Gasteiger partial charge on any atom is 0.0161 e. The lowest BCUT2D eigenvalue weighted by Gasteiger charge is -2.38. The van der Waals surface area contributed by atoms with Crippen LogP contribution >= 0.6 is 0 Å². The third kappa shape index (κ3) is 6.78. The van der Waals surface area contributed by atoms with E-state index in [9.17, 15) is 0 Å². The second-order valence-corrected chi connectivity index (χ2v) is 7.59. The number of allylic oxidation sites excluding steroid dienone is 1. The summed E-state index contributed by atoms with van der Waals surface area (Å²) in [5.41, 5.74) is 9.25. The van der Waals surface area contributed by atoms with Gasteiger partial charge in [0.2, 0.25) is 0 Å². The Hall–Kier alpha value is -1.12. The summed E-state index contributed by atoms with van der Waals surface area (Å²) in [6.45, 7) is 6.66. The van der Waals surface area contributed by atoms with Gasteiger partial charge in [0, 0.05) is 12.6 Å². The van der Waals surface area contributed by atoms with E-state index < -0.39 is 0 Å². The summed E-state index contributed by atoms with van der Waals surface area (Å²) in [4.78, 5) is 0. The van der Waals surface area contributed by atoms with Crippen molar-refractivity contribution in [2.24, 2.45) is 17.6 Å². The zero-order valence-electron chi connectivity index (χ0n) is 15.6. The first kappa shape index (κ1) is 19.2. The van der Waals surface area contributed by atoms with Crippen LogP contribution in [-0.4, -0.2) is 19.1 Å². The summed E-state index contributed by atoms with van der Waals surface area (Å²) >= 11 is 0. The van der Waals surface area contributed by atoms with E-state index in [1.807, 2.05) is 0 Å². The van der Waals surface area contributed by atoms with Crippen molar-refractivity contribution in [3.05, 3.63) is 47.5 Å². The zero-order chi connectivity index (χ0) is 17.2. The fraction of sp³-hybridized carbons (Fsp3) is 0.636. The molecule has 1 aliphatic carbocycles. The van der Waals surface area contributed by atoms with Crippen LogP contribution in [0.3, 0.4) is 0 Å². The van der Waals surface area contributed by atoms with Gasteiger partial charge in [-0.25, -0.2) is 0 Å². The predicted octanol–water partition coefficient (Wildman–Crippen LogP) is 4.70. The van der Waals surface area contributed by atoms with Crippen LogP contribution in [0.5, 0.6) is 0 Å². The smallest absolute Gasteiger partial charge is 0.0161 e. The fourth-order valence-corrected chi connectivity index (χ4v) is 3.75. The lowest BCUT2D eigenvalue weighted by atomic mass is 9.69. The molecule has 134 valence electrons. The van der Waals surface area contributed by atoms with Crippen LogP contribution in [0.25, 0.3) is 0 Å². The number of nitrogens with one attached hydrogen (secondary N) is 1. The zero-order valence-corrected chi connectivity index (χ0v) is 15.6. The van der Waals surface area contributed by atoms with Crippen molar-refractivity contribution >= 4 is 0 Å². The Labute approximate surface area is 148 Å². The van der Waals surface area contributed by atoms with Crippen LogP contribution < -0.4 is 11.1 Å². The number of unbranched alkanes of at least 4 members (excludes halogenated alkanes) is 1. The summed E-state index contributed by atoms with van der Waals surface area (Å²) in [6, 6.07) is 11.0. The average molecular weight is 329 g/mol. The highest BCUT2D eigenvalue weighted by Gasteiger charge is 2.31. The molecule has 0 spiro atoms. The molecular weight excluding hydrogens is 292 g/mol. The van der Waals surface area contributed by atoms with Gasteiger partial charge in [0.25, 0.3) is 0 Å². The first-order valence-corrected chi connectivity index (χ1v) is 9.85. The van der Waals surface area contributed by atoms with Crippen LogP contribution in [0.1, 0.15) is 57.9 Å². The third-order valence-electron chi connectivity index (χ3n) is 5.40. The van der Waals surface area contributed by atoms with Crippen LogP contribution in [0.15, 0.2) is 42.0 Å². The monoisotopic (exact) mass is 328 g/mol. The molecule has 3 N–H and O–H groups in total. The quantitative estimate of drug-likeness (QED) is 0.456. The van der Waals surface area contributed by atoms with E-state index in [2.05, 4.69) is 55.6 Å². The van der Waals surface area contributed by atoms with Gasteiger partial charge in [-0.2, -0.15) is 0 Å². The number of hydrogen-bond acceptors (Lipinski definition) is 2. The van der Waals surface area contributed by atoms with Crippen LogP contribution in [0.2, 0.25) is 0 Å². The van der Waals surface area contributed by atoms with Crippen molar-refractivity contribution in [3.8, 4) is 0 Å². The van der Waals surface area contributed by atoms with Crippen LogP contribution in [0, 0.1) is 11.8 Å². The highest BCUT2D eigenvalue weighted by Crippen LogP contribution is 2.39. The van der Waals surface area contributed by atoms with Crippen LogP contribution in [0.4, 0.5) is 0 Å². The molecule has 24 heavy (non-hydrogen) atoms. The molecule has 0 amide bonds. The summed E-state index contributed by atoms with van der Waals surface area (Å²) in [6.07, 6.45) is 11.1. The molecule has 0 bridgehead atoms. The van der Waals surface area contributed by atoms with E-state index in [1.165, 1.54) is 49.7 Å². The fourth-order valence-electron chi connectivity index (χ4n) is 3.75. The Morgan fingerprint density at radius 1 is 1.25 bits per heavy atom. The van der Waals surface area contributed by atoms with Gasteiger partial charge in [-0.3, -0.25) is 0 Å². The number of rotatable bonds is 11. The Morgan fingerprint density at radius 3 is 2.67 bits per heavy atom. The molecule has 0 heterocycles. The largest absolute Gasteiger partial charge is 0.327 e. The maximum atomic E-state index is 6.40. The van der Waals surface area contributed by atoms with Gasteiger partial charge in [-0.1, -0.05) is 55.3 Å². The molecule has 3 atom stereocenters. The van der Waals surface area contributed by atoms with Crippen molar-refractivity contribution in [1.82, 2.24) is 5.32 Å². The molecule has 1 fully saturated rings. The normalized spacial score (nSPS) is 22.2. The Kier molecular flexibility index (Phi) is 8.55. The lowest BCUT2D eigenvalue weighted by Crippen LogP contribution is -2.35. The molecule has 1 saturated carbocycles. The molecule has 3 unspecified atom stereocenters. The molecule has 2 nitrogen and oxygen atoms in total. The van der Waals surface area contributed by atoms with Crippen molar-refractivity contribution in [2.45, 2.75) is 64.8 Å². The van der Waals surface area contributed by atoms with Gasteiger partial charge in [0.15, 0.2) is 0 Å². The van der Waals surface area contributed by atoms with Gasteiger partial charge in [0.05, 0.1) is 0 Å². The predicted molar refractivity (Wildman–Crippen MR) is 105 cm³/mol. The van der Waals surface area contributed by atoms with E-state index in [-0.39, 0.29) is 0 Å². The molecule has 1 aromatic carbocycles. The number of nitrogens with two attached hydrogens (primary N) is 1. The van der Waals surface area contributed by atoms with E-state index >= 15 is 0 Å². The molecule has 0 saturated heterocycles. The highest BCUT2D eigenvalue weighted by atomic mass is 14.8. The van der Waals surface area contributed by atoms with Crippen molar-refractivity contribution in [1.29, 1.82) is 0 Å². The average Bonchev–Trinajstić information content (AvgIpc) is 2.57. The minimum absolute atomic E-state index is 0.312. The summed E-state index contributed by atoms with van der Waals surface area (Å²) in [7, 11) is 0. The molecule has 0 aliphatic heterocycles. The molecule has 0 radical (unpaired) electrons. The van der Waals surface area contributed by atoms with Crippen molar-refractivity contribution in [2.75, 3.05) is 13.1 Å². The van der Waals surface area contributed by atoms with Gasteiger partial charge >= 0.3 is 0 Å². The third-order valence-corrected chi connectivity index (χ3v) is 5.40. The molecular formula is C22H36N2. The van der Waals surface area contributed by atoms with Crippen LogP contribution in [-0.2, 0) is 6.42 Å². The summed E-state index contributed by atoms with van der Waals surface area (Å²) < 4.78 is 0. The van der Waals surface area contributed by atoms with Gasteiger partial charge in [-0.05, 0) is 69.4 Å². The maximum absolute atomic E-state index is 6.40. The minimum atomic E-state index is 0.312. The van der Waals surface area contributed by atoms with E-state index in [4.69, 9.17) is 5.73 Å². The minimum Gasteiger partial charge on any atom is -0.327 e. The number of benzene rings is 1. The standard InChI is InChI=1S/C22H36N2/c1-3-4-8-18(2)17-24-14-13-20-11-12-21(20)16-22(23)15-19-9-6-5-7-10-19/h5-10,20-22,24H,3-4,11-17,23H2,1-2H3. The first-order chi connectivity index (χ1) is 11.7. The first-order valence-electron chi connectivity index (χ1n) is 9.85. The molecule has 2 heteroatoms. The van der Waals surface area contributed by atoms with Crippen molar-refractivity contribution < 1.29 is 0 Å². The van der Waals surface area contributed by atoms with E-state index in [0.29, 0.717) is 6.04 Å². The van der Waals surface area contributed by atoms with Gasteiger partial charge < -0.3 is 11.1 Å². The second-order valence-electron chi connectivity index (χ2n) is 7.59. The molecule has 1 aromatic rings. The molecule has 1 aliphatic rings. The van der Waals surface area contributed by atoms with Gasteiger partial charge in [-0.15, -0.1) is 0 Å². The van der Waals surface area contributed by atoms with Crippen molar-refractivity contribution in [3.63, 3.8) is 0 Å². The van der Waals surface area contributed by atoms with E-state index in [1.54, 1.807) is 0 Å². The lowest BCUT2D eigenvalue weighted by molar-refractivity contribution is 0.143. The Bertz CT molecular complexity index is 480. The highest BCUT2D eigenvalue weighted by molar-refractivity contribution is 5.15. The molecule has 2 rings (SSSR count). The Morgan fingerprint density at radius 2 is 2.00 bits per heavy atom. The van der Waals surface area contributed by atoms with Gasteiger partial charge in [0.1, 0.15) is 0 Å². The second kappa shape index (κ2) is 10.7. The summed E-state index contributed by atoms with van der Waals surface area (Å²) in [5, 5.41) is 3.61. The molecule has 0 aromatic heterocycles. The Balaban J connectivity index is 1.60.